The van der Waals surface area contributed by atoms with Gasteiger partial charge in [-0.15, -0.1) is 0 Å². The van der Waals surface area contributed by atoms with E-state index in [0.29, 0.717) is 22.3 Å². The molecule has 2 heterocycles. The van der Waals surface area contributed by atoms with Gasteiger partial charge in [-0.25, -0.2) is 4.79 Å². The fourth-order valence-corrected chi connectivity index (χ4v) is 5.76. The van der Waals surface area contributed by atoms with Crippen LogP contribution in [-0.4, -0.2) is 49.3 Å². The maximum absolute atomic E-state index is 13.0. The van der Waals surface area contributed by atoms with E-state index in [0.717, 1.165) is 27.8 Å². The van der Waals surface area contributed by atoms with Gasteiger partial charge < -0.3 is 24.7 Å². The van der Waals surface area contributed by atoms with Gasteiger partial charge in [0, 0.05) is 12.5 Å². The zero-order chi connectivity index (χ0) is 29.8. The minimum absolute atomic E-state index is 0.0478. The maximum atomic E-state index is 13.0. The second-order valence-corrected chi connectivity index (χ2v) is 12.0. The van der Waals surface area contributed by atoms with E-state index < -0.39 is 36.1 Å². The highest BCUT2D eigenvalue weighted by atomic mass is 16.7. The lowest BCUT2D eigenvalue weighted by Gasteiger charge is -2.32. The zero-order valence-electron chi connectivity index (χ0n) is 24.4. The standard InChI is InChI=1S/C33H33BN2O6/c1-19-14-15-27-28(29(37)30(38)36-27)25(19)16-20(34-41-32(2,3)33(4,5)42-34)17-35-31(39)40-18-26-23-12-8-6-10-21(23)22-11-7-9-13-24(22)26/h6-16,26H,17-18H2,1-5H3,(H,35,39)(H,36,37,38). The van der Waals surface area contributed by atoms with E-state index in [2.05, 4.69) is 34.9 Å². The number of ketones is 1. The smallest absolute Gasteiger partial charge is 0.449 e. The second kappa shape index (κ2) is 10.3. The number of nitrogens with one attached hydrogen (secondary N) is 2. The van der Waals surface area contributed by atoms with Crippen molar-refractivity contribution in [3.8, 4) is 11.1 Å². The Labute approximate surface area is 245 Å². The molecule has 8 nitrogen and oxygen atoms in total. The summed E-state index contributed by atoms with van der Waals surface area (Å²) in [4.78, 5) is 37.9. The second-order valence-electron chi connectivity index (χ2n) is 12.0. The third kappa shape index (κ3) is 4.72. The molecule has 9 heteroatoms. The van der Waals surface area contributed by atoms with Gasteiger partial charge in [-0.2, -0.15) is 0 Å². The van der Waals surface area contributed by atoms with E-state index in [4.69, 9.17) is 14.0 Å². The highest BCUT2D eigenvalue weighted by Gasteiger charge is 2.52. The van der Waals surface area contributed by atoms with Gasteiger partial charge in [0.05, 0.1) is 22.5 Å². The van der Waals surface area contributed by atoms with Crippen LogP contribution in [-0.2, 0) is 18.8 Å². The molecule has 0 aromatic heterocycles. The number of amides is 2. The van der Waals surface area contributed by atoms with Gasteiger partial charge in [0.25, 0.3) is 11.7 Å². The van der Waals surface area contributed by atoms with Gasteiger partial charge >= 0.3 is 13.2 Å². The van der Waals surface area contributed by atoms with E-state index in [1.807, 2.05) is 65.0 Å². The lowest BCUT2D eigenvalue weighted by atomic mass is 9.76. The third-order valence-electron chi connectivity index (χ3n) is 8.81. The highest BCUT2D eigenvalue weighted by molar-refractivity contribution is 6.56. The van der Waals surface area contributed by atoms with Crippen molar-refractivity contribution in [2.24, 2.45) is 0 Å². The van der Waals surface area contributed by atoms with Crippen LogP contribution in [0.4, 0.5) is 10.5 Å². The van der Waals surface area contributed by atoms with Crippen molar-refractivity contribution in [2.75, 3.05) is 18.5 Å². The summed E-state index contributed by atoms with van der Waals surface area (Å²) in [6.45, 7) is 9.88. The van der Waals surface area contributed by atoms with Gasteiger partial charge in [-0.3, -0.25) is 9.59 Å². The number of fused-ring (bicyclic) bond motifs is 4. The van der Waals surface area contributed by atoms with E-state index in [1.54, 1.807) is 12.1 Å². The summed E-state index contributed by atoms with van der Waals surface area (Å²) < 4.78 is 18.4. The predicted octanol–water partition coefficient (Wildman–Crippen LogP) is 5.68. The number of Topliss-reactive ketones (excluding diaryl/α,β-unsaturated/α-hetero) is 1. The number of carbonyl (C=O) groups excluding carboxylic acids is 3. The molecule has 0 saturated carbocycles. The van der Waals surface area contributed by atoms with Crippen LogP contribution in [0.15, 0.2) is 66.1 Å². The van der Waals surface area contributed by atoms with Crippen LogP contribution >= 0.6 is 0 Å². The first-order chi connectivity index (χ1) is 20.0. The molecule has 2 amide bonds. The monoisotopic (exact) mass is 564 g/mol. The van der Waals surface area contributed by atoms with Gasteiger partial charge in [0.1, 0.15) is 6.61 Å². The topological polar surface area (TPSA) is 103 Å². The Hall–Kier alpha value is -4.21. The van der Waals surface area contributed by atoms with Crippen LogP contribution in [0.1, 0.15) is 66.2 Å². The van der Waals surface area contributed by atoms with Crippen molar-refractivity contribution in [3.63, 3.8) is 0 Å². The Kier molecular flexibility index (Phi) is 6.82. The van der Waals surface area contributed by atoms with Crippen molar-refractivity contribution >= 4 is 36.7 Å². The quantitative estimate of drug-likeness (QED) is 0.295. The maximum Gasteiger partial charge on any atom is 0.492 e. The molecule has 3 aromatic carbocycles. The van der Waals surface area contributed by atoms with E-state index in [-0.39, 0.29) is 19.1 Å². The number of anilines is 1. The largest absolute Gasteiger partial charge is 0.492 e. The van der Waals surface area contributed by atoms with Crippen molar-refractivity contribution in [3.05, 3.63) is 94.0 Å². The van der Waals surface area contributed by atoms with Gasteiger partial charge in [0.15, 0.2) is 0 Å². The first-order valence-electron chi connectivity index (χ1n) is 14.1. The number of benzene rings is 3. The summed E-state index contributed by atoms with van der Waals surface area (Å²) >= 11 is 0. The third-order valence-corrected chi connectivity index (χ3v) is 8.81. The number of rotatable bonds is 6. The molecule has 0 bridgehead atoms. The summed E-state index contributed by atoms with van der Waals surface area (Å²) in [6, 6.07) is 19.9. The Morgan fingerprint density at radius 1 is 0.952 bits per heavy atom. The van der Waals surface area contributed by atoms with Crippen LogP contribution in [0, 0.1) is 6.92 Å². The average molecular weight is 564 g/mol. The van der Waals surface area contributed by atoms with Gasteiger partial charge in [-0.1, -0.05) is 60.7 Å². The lowest BCUT2D eigenvalue weighted by molar-refractivity contribution is -0.112. The average Bonchev–Trinajstić information content (AvgIpc) is 3.51. The van der Waals surface area contributed by atoms with Crippen LogP contribution in [0.3, 0.4) is 0 Å². The summed E-state index contributed by atoms with van der Waals surface area (Å²) in [7, 11) is -0.792. The van der Waals surface area contributed by atoms with Gasteiger partial charge in [0.2, 0.25) is 0 Å². The summed E-state index contributed by atoms with van der Waals surface area (Å²) in [5.74, 6) is -1.33. The molecule has 42 heavy (non-hydrogen) atoms. The molecule has 214 valence electrons. The first-order valence-corrected chi connectivity index (χ1v) is 14.1. The summed E-state index contributed by atoms with van der Waals surface area (Å²) in [6.07, 6.45) is 1.19. The van der Waals surface area contributed by atoms with Crippen molar-refractivity contribution in [1.82, 2.24) is 5.32 Å². The fourth-order valence-electron chi connectivity index (χ4n) is 5.76. The van der Waals surface area contributed by atoms with E-state index in [1.165, 1.54) is 0 Å². The Balaban J connectivity index is 1.24. The zero-order valence-corrected chi connectivity index (χ0v) is 24.4. The fraction of sp³-hybridized carbons (Fsp3) is 0.303. The van der Waals surface area contributed by atoms with Gasteiger partial charge in [-0.05, 0) is 79.5 Å². The molecule has 1 saturated heterocycles. The molecule has 3 aromatic rings. The van der Waals surface area contributed by atoms with Crippen molar-refractivity contribution < 1.29 is 28.4 Å². The molecular formula is C33H33BN2O6. The molecule has 1 fully saturated rings. The minimum atomic E-state index is -0.792. The van der Waals surface area contributed by atoms with E-state index >= 15 is 0 Å². The Morgan fingerprint density at radius 2 is 1.55 bits per heavy atom. The SMILES string of the molecule is Cc1ccc2c(c1C=C(CNC(=O)OCC1c3ccccc3-c3ccccc31)B1OC(C)(C)C(C)(C)O1)C(=O)C(=O)N2. The normalized spacial score (nSPS) is 18.4. The van der Waals surface area contributed by atoms with Crippen LogP contribution in [0.2, 0.25) is 0 Å². The molecule has 0 spiro atoms. The lowest BCUT2D eigenvalue weighted by Crippen LogP contribution is -2.41. The van der Waals surface area contributed by atoms with Crippen LogP contribution in [0.25, 0.3) is 17.2 Å². The number of aryl methyl sites for hydroxylation is 1. The van der Waals surface area contributed by atoms with E-state index in [9.17, 15) is 14.4 Å². The molecular weight excluding hydrogens is 531 g/mol. The Bertz CT molecular complexity index is 1600. The number of carbonyl (C=O) groups is 3. The highest BCUT2D eigenvalue weighted by Crippen LogP contribution is 2.44. The number of hydrogen-bond donors (Lipinski definition) is 2. The van der Waals surface area contributed by atoms with Crippen LogP contribution < -0.4 is 10.6 Å². The molecule has 0 atom stereocenters. The van der Waals surface area contributed by atoms with Crippen molar-refractivity contribution in [2.45, 2.75) is 51.7 Å². The molecule has 2 N–H and O–H groups in total. The Morgan fingerprint density at radius 3 is 2.17 bits per heavy atom. The molecule has 6 rings (SSSR count). The summed E-state index contributed by atoms with van der Waals surface area (Å²) in [5, 5.41) is 5.48. The molecule has 1 aliphatic carbocycles. The molecule has 3 aliphatic rings. The van der Waals surface area contributed by atoms with Crippen LogP contribution in [0.5, 0.6) is 0 Å². The first kappa shape index (κ1) is 27.9. The molecule has 2 aliphatic heterocycles. The molecule has 0 unspecified atom stereocenters. The van der Waals surface area contributed by atoms with Crippen molar-refractivity contribution in [1.29, 1.82) is 0 Å². The number of hydrogen-bond acceptors (Lipinski definition) is 6. The minimum Gasteiger partial charge on any atom is -0.449 e. The number of ether oxygens (including phenoxy) is 1. The number of alkyl carbamates (subject to hydrolysis) is 1. The molecule has 0 radical (unpaired) electrons. The summed E-state index contributed by atoms with van der Waals surface area (Å²) in [5.41, 5.74) is 6.05. The predicted molar refractivity (Wildman–Crippen MR) is 161 cm³/mol.